The normalized spacial score (nSPS) is 12.1. The minimum atomic E-state index is -0.241. The lowest BCUT2D eigenvalue weighted by Crippen LogP contribution is -2.38. The number of carbonyl (C=O) groups excluding carboxylic acids is 1. The SMILES string of the molecule is Cc1ccccc1CN(C)C(=O)NC(C)c1nnc2ccccn12. The van der Waals surface area contributed by atoms with Crippen LogP contribution >= 0.6 is 0 Å². The molecule has 0 aliphatic carbocycles. The van der Waals surface area contributed by atoms with Crippen molar-refractivity contribution in [2.45, 2.75) is 26.4 Å². The highest BCUT2D eigenvalue weighted by molar-refractivity contribution is 5.74. The number of urea groups is 1. The maximum Gasteiger partial charge on any atom is 0.318 e. The second-order valence-corrected chi connectivity index (χ2v) is 5.94. The second-order valence-electron chi connectivity index (χ2n) is 5.94. The van der Waals surface area contributed by atoms with Crippen molar-refractivity contribution >= 4 is 11.7 Å². The third kappa shape index (κ3) is 3.22. The molecule has 6 heteroatoms. The first-order valence-corrected chi connectivity index (χ1v) is 7.92. The molecule has 0 fully saturated rings. The van der Waals surface area contributed by atoms with E-state index in [4.69, 9.17) is 0 Å². The molecule has 0 spiro atoms. The summed E-state index contributed by atoms with van der Waals surface area (Å²) in [6.07, 6.45) is 1.89. The van der Waals surface area contributed by atoms with Crippen LogP contribution in [-0.2, 0) is 6.54 Å². The van der Waals surface area contributed by atoms with Gasteiger partial charge in [-0.3, -0.25) is 4.40 Å². The molecule has 0 aliphatic heterocycles. The van der Waals surface area contributed by atoms with Crippen LogP contribution in [0.25, 0.3) is 5.65 Å². The summed E-state index contributed by atoms with van der Waals surface area (Å²) in [5.41, 5.74) is 3.08. The number of amides is 2. The average Bonchev–Trinajstić information content (AvgIpc) is 3.01. The molecule has 0 saturated heterocycles. The van der Waals surface area contributed by atoms with Crippen LogP contribution in [-0.4, -0.2) is 32.6 Å². The van der Waals surface area contributed by atoms with Crippen LogP contribution in [0.2, 0.25) is 0 Å². The number of rotatable bonds is 4. The number of nitrogens with zero attached hydrogens (tertiary/aromatic N) is 4. The lowest BCUT2D eigenvalue weighted by Gasteiger charge is -2.21. The second kappa shape index (κ2) is 6.70. The number of benzene rings is 1. The third-order valence-electron chi connectivity index (χ3n) is 4.08. The number of aromatic nitrogens is 3. The Morgan fingerprint density at radius 3 is 2.75 bits per heavy atom. The van der Waals surface area contributed by atoms with Crippen LogP contribution in [0.3, 0.4) is 0 Å². The van der Waals surface area contributed by atoms with Crippen molar-refractivity contribution < 1.29 is 4.79 Å². The average molecular weight is 323 g/mol. The van der Waals surface area contributed by atoms with Crippen molar-refractivity contribution in [1.82, 2.24) is 24.8 Å². The highest BCUT2D eigenvalue weighted by Crippen LogP contribution is 2.13. The maximum absolute atomic E-state index is 12.5. The Hall–Kier alpha value is -2.89. The van der Waals surface area contributed by atoms with Gasteiger partial charge < -0.3 is 10.2 Å². The predicted octanol–water partition coefficient (Wildman–Crippen LogP) is 2.94. The Kier molecular flexibility index (Phi) is 4.46. The van der Waals surface area contributed by atoms with Gasteiger partial charge in [0.15, 0.2) is 11.5 Å². The van der Waals surface area contributed by atoms with Crippen molar-refractivity contribution in [1.29, 1.82) is 0 Å². The fourth-order valence-corrected chi connectivity index (χ4v) is 2.63. The summed E-state index contributed by atoms with van der Waals surface area (Å²) in [6, 6.07) is 13.4. The summed E-state index contributed by atoms with van der Waals surface area (Å²) in [5.74, 6) is 0.711. The van der Waals surface area contributed by atoms with Crippen molar-refractivity contribution in [3.8, 4) is 0 Å². The van der Waals surface area contributed by atoms with Crippen molar-refractivity contribution in [3.05, 3.63) is 65.6 Å². The summed E-state index contributed by atoms with van der Waals surface area (Å²) in [7, 11) is 1.79. The molecule has 0 saturated carbocycles. The van der Waals surface area contributed by atoms with Crippen molar-refractivity contribution in [3.63, 3.8) is 0 Å². The molecule has 2 aromatic heterocycles. The quantitative estimate of drug-likeness (QED) is 0.803. The molecule has 24 heavy (non-hydrogen) atoms. The first kappa shape index (κ1) is 16.0. The Morgan fingerprint density at radius 2 is 1.96 bits per heavy atom. The van der Waals surface area contributed by atoms with Gasteiger partial charge >= 0.3 is 6.03 Å². The molecule has 1 atom stereocenters. The maximum atomic E-state index is 12.5. The van der Waals surface area contributed by atoms with E-state index in [1.54, 1.807) is 11.9 Å². The van der Waals surface area contributed by atoms with Gasteiger partial charge in [0, 0.05) is 19.8 Å². The van der Waals surface area contributed by atoms with Crippen LogP contribution in [0.5, 0.6) is 0 Å². The molecule has 1 N–H and O–H groups in total. The summed E-state index contributed by atoms with van der Waals surface area (Å²) in [4.78, 5) is 14.1. The number of aryl methyl sites for hydroxylation is 1. The van der Waals surface area contributed by atoms with E-state index >= 15 is 0 Å². The molecular weight excluding hydrogens is 302 g/mol. The standard InChI is InChI=1S/C18H21N5O/c1-13-8-4-5-9-15(13)12-22(3)18(24)19-14(2)17-21-20-16-10-6-7-11-23(16)17/h4-11,14H,12H2,1-3H3,(H,19,24). The van der Waals surface area contributed by atoms with E-state index in [0.29, 0.717) is 12.4 Å². The van der Waals surface area contributed by atoms with Crippen LogP contribution in [0.1, 0.15) is 29.9 Å². The zero-order valence-corrected chi connectivity index (χ0v) is 14.1. The van der Waals surface area contributed by atoms with Gasteiger partial charge in [-0.25, -0.2) is 4.79 Å². The highest BCUT2D eigenvalue weighted by atomic mass is 16.2. The van der Waals surface area contributed by atoms with Gasteiger partial charge in [-0.1, -0.05) is 30.3 Å². The first-order chi connectivity index (χ1) is 11.6. The van der Waals surface area contributed by atoms with Gasteiger partial charge in [-0.2, -0.15) is 0 Å². The minimum Gasteiger partial charge on any atom is -0.328 e. The summed E-state index contributed by atoms with van der Waals surface area (Å²) < 4.78 is 1.88. The fourth-order valence-electron chi connectivity index (χ4n) is 2.63. The molecule has 0 aliphatic rings. The van der Waals surface area contributed by atoms with Gasteiger partial charge in [0.2, 0.25) is 0 Å². The van der Waals surface area contributed by atoms with Gasteiger partial charge in [-0.15, -0.1) is 10.2 Å². The van der Waals surface area contributed by atoms with Gasteiger partial charge in [-0.05, 0) is 37.1 Å². The summed E-state index contributed by atoms with van der Waals surface area (Å²) in [5, 5.41) is 11.3. The molecule has 6 nitrogen and oxygen atoms in total. The van der Waals surface area contributed by atoms with Gasteiger partial charge in [0.25, 0.3) is 0 Å². The zero-order valence-electron chi connectivity index (χ0n) is 14.1. The van der Waals surface area contributed by atoms with Crippen LogP contribution < -0.4 is 5.32 Å². The van der Waals surface area contributed by atoms with Crippen LogP contribution in [0.4, 0.5) is 4.79 Å². The van der Waals surface area contributed by atoms with Gasteiger partial charge in [0.1, 0.15) is 0 Å². The molecular formula is C18H21N5O. The van der Waals surface area contributed by atoms with E-state index in [9.17, 15) is 4.79 Å². The van der Waals surface area contributed by atoms with Crippen LogP contribution in [0.15, 0.2) is 48.7 Å². The molecule has 2 amide bonds. The molecule has 3 rings (SSSR count). The largest absolute Gasteiger partial charge is 0.328 e. The number of hydrogen-bond donors (Lipinski definition) is 1. The number of nitrogens with one attached hydrogen (secondary N) is 1. The molecule has 1 aromatic carbocycles. The molecule has 1 unspecified atom stereocenters. The third-order valence-corrected chi connectivity index (χ3v) is 4.08. The summed E-state index contributed by atoms with van der Waals surface area (Å²) >= 11 is 0. The predicted molar refractivity (Wildman–Crippen MR) is 92.6 cm³/mol. The number of hydrogen-bond acceptors (Lipinski definition) is 3. The van der Waals surface area contributed by atoms with E-state index in [2.05, 4.69) is 15.5 Å². The monoisotopic (exact) mass is 323 g/mol. The van der Waals surface area contributed by atoms with E-state index in [1.165, 1.54) is 5.56 Å². The number of fused-ring (bicyclic) bond motifs is 1. The van der Waals surface area contributed by atoms with E-state index in [0.717, 1.165) is 11.2 Å². The Balaban J connectivity index is 1.68. The van der Waals surface area contributed by atoms with Gasteiger partial charge in [0.05, 0.1) is 6.04 Å². The molecule has 124 valence electrons. The molecule has 3 aromatic rings. The van der Waals surface area contributed by atoms with Crippen molar-refractivity contribution in [2.24, 2.45) is 0 Å². The number of pyridine rings is 1. The van der Waals surface area contributed by atoms with Crippen LogP contribution in [0, 0.1) is 6.92 Å². The Labute approximate surface area is 141 Å². The Bertz CT molecular complexity index is 857. The first-order valence-electron chi connectivity index (χ1n) is 7.92. The topological polar surface area (TPSA) is 62.5 Å². The number of carbonyl (C=O) groups is 1. The molecule has 0 radical (unpaired) electrons. The molecule has 0 bridgehead atoms. The van der Waals surface area contributed by atoms with E-state index in [1.807, 2.05) is 66.9 Å². The fraction of sp³-hybridized carbons (Fsp3) is 0.278. The molecule has 2 heterocycles. The lowest BCUT2D eigenvalue weighted by molar-refractivity contribution is 0.203. The highest BCUT2D eigenvalue weighted by Gasteiger charge is 2.18. The summed E-state index contributed by atoms with van der Waals surface area (Å²) in [6.45, 7) is 4.51. The minimum absolute atomic E-state index is 0.140. The van der Waals surface area contributed by atoms with E-state index < -0.39 is 0 Å². The van der Waals surface area contributed by atoms with E-state index in [-0.39, 0.29) is 12.1 Å². The Morgan fingerprint density at radius 1 is 1.21 bits per heavy atom. The lowest BCUT2D eigenvalue weighted by atomic mass is 10.1. The smallest absolute Gasteiger partial charge is 0.318 e. The zero-order chi connectivity index (χ0) is 17.1. The van der Waals surface area contributed by atoms with Crippen molar-refractivity contribution in [2.75, 3.05) is 7.05 Å².